The van der Waals surface area contributed by atoms with Crippen LogP contribution in [0.4, 0.5) is 34.1 Å². The second-order valence-corrected chi connectivity index (χ2v) is 35.2. The zero-order chi connectivity index (χ0) is 93.7. The van der Waals surface area contributed by atoms with E-state index in [0.29, 0.717) is 56.2 Å². The van der Waals surface area contributed by atoms with Crippen LogP contribution in [0.5, 0.6) is 0 Å². The summed E-state index contributed by atoms with van der Waals surface area (Å²) in [5.74, 6) is 0. The highest BCUT2D eigenvalue weighted by molar-refractivity contribution is 7.00. The van der Waals surface area contributed by atoms with Gasteiger partial charge in [0.05, 0.1) is 63.4 Å². The summed E-state index contributed by atoms with van der Waals surface area (Å²) in [6.45, 7) is 19.0. The highest BCUT2D eigenvalue weighted by Crippen LogP contribution is 2.58. The summed E-state index contributed by atoms with van der Waals surface area (Å²) in [6.07, 6.45) is 0. The van der Waals surface area contributed by atoms with Crippen LogP contribution in [-0.4, -0.2) is 15.8 Å². The van der Waals surface area contributed by atoms with E-state index in [9.17, 15) is 19.2 Å². The molecule has 0 saturated carbocycles. The molecule has 0 unspecified atom stereocenters. The van der Waals surface area contributed by atoms with Crippen LogP contribution in [0.25, 0.3) is 166 Å². The van der Waals surface area contributed by atoms with Crippen molar-refractivity contribution in [1.82, 2.24) is 9.13 Å². The zero-order valence-electron chi connectivity index (χ0n) is 82.2. The molecule has 2 aliphatic rings. The van der Waals surface area contributed by atoms with E-state index in [4.69, 9.17) is 8.83 Å². The first-order valence-corrected chi connectivity index (χ1v) is 41.3. The Labute approximate surface area is 724 Å². The van der Waals surface area contributed by atoms with Crippen LogP contribution in [0.3, 0.4) is 0 Å². The first-order valence-electron chi connectivity index (χ1n) is 48.3. The molecule has 121 heavy (non-hydrogen) atoms. The number of benzene rings is 17. The van der Waals surface area contributed by atoms with Gasteiger partial charge in [-0.2, -0.15) is 0 Å². The standard InChI is InChI=1S/C114H87BN4O2/c1-112(2,3)80-64-101-107-102(65-80)119(109-88(73-38-20-13-21-39-73)69-92(114(7,8)9)111-106(109)86-47-25-29-51-104(86)121-111)100-67-82(117-96-49-27-23-45-84(96)90-63-79(53-59-98(90)117)77-43-31-41-75(61-77)71-34-16-11-17-35-71)55-57-94(100)115(107)93-56-54-81(116-95-48-26-22-44-83(95)89-62-78(52-58-97(89)116)76-42-30-40-74(60-76)70-32-14-10-15-33-70)66-99(93)118(101)108-87(72-36-18-12-19-37-72)68-91(113(4,5)6)110-105(108)85-46-24-28-50-103(85)120-110/h10-69H,1-9H3/i22D,23D,26D,27D,44D,45D,48D,49D,52D,53D,58D,59D,62D,63D. The van der Waals surface area contributed by atoms with Gasteiger partial charge < -0.3 is 27.8 Å². The summed E-state index contributed by atoms with van der Waals surface area (Å²) in [6, 6.07) is 87.3. The second kappa shape index (κ2) is 27.1. The topological polar surface area (TPSA) is 42.6 Å². The minimum absolute atomic E-state index is 0.000566. The van der Waals surface area contributed by atoms with Crippen molar-refractivity contribution in [3.63, 3.8) is 0 Å². The fraction of sp³-hybridized carbons (Fsp3) is 0.105. The fourth-order valence-electron chi connectivity index (χ4n) is 19.0. The number of rotatable bonds is 10. The van der Waals surface area contributed by atoms with Crippen molar-refractivity contribution in [3.05, 3.63) is 380 Å². The molecule has 2 aliphatic heterocycles. The largest absolute Gasteiger partial charge is 0.456 e. The van der Waals surface area contributed by atoms with Gasteiger partial charge in [-0.1, -0.05) is 317 Å². The van der Waals surface area contributed by atoms with E-state index in [1.54, 1.807) is 9.13 Å². The minimum Gasteiger partial charge on any atom is -0.456 e. The Bertz CT molecular complexity index is 8250. The number of furan rings is 2. The highest BCUT2D eigenvalue weighted by Gasteiger charge is 2.47. The average Bonchev–Trinajstić information content (AvgIpc) is 1.66. The smallest absolute Gasteiger partial charge is 0.252 e. The normalized spacial score (nSPS) is 14.6. The van der Waals surface area contributed by atoms with E-state index in [1.807, 2.05) is 206 Å². The lowest BCUT2D eigenvalue weighted by molar-refractivity contribution is 0.572. The van der Waals surface area contributed by atoms with Crippen molar-refractivity contribution in [2.45, 2.75) is 78.6 Å². The Morgan fingerprint density at radius 2 is 0.653 bits per heavy atom. The Hall–Kier alpha value is -14.4. The molecule has 0 saturated heterocycles. The predicted molar refractivity (Wildman–Crippen MR) is 512 cm³/mol. The quantitative estimate of drug-likeness (QED) is 0.128. The van der Waals surface area contributed by atoms with Gasteiger partial charge in [0.1, 0.15) is 22.3 Å². The van der Waals surface area contributed by atoms with Crippen LogP contribution in [-0.2, 0) is 16.2 Å². The summed E-state index contributed by atoms with van der Waals surface area (Å²) < 4.78 is 160. The number of para-hydroxylation sites is 4. The van der Waals surface area contributed by atoms with Gasteiger partial charge in [-0.25, -0.2) is 0 Å². The van der Waals surface area contributed by atoms with Crippen LogP contribution in [0.2, 0.25) is 0 Å². The van der Waals surface area contributed by atoms with Gasteiger partial charge in [0.15, 0.2) is 0 Å². The maximum absolute atomic E-state index is 10.6. The molecular formula is C114H87BN4O2. The van der Waals surface area contributed by atoms with Crippen molar-refractivity contribution in [2.75, 3.05) is 9.80 Å². The van der Waals surface area contributed by atoms with E-state index >= 15 is 0 Å². The van der Waals surface area contributed by atoms with Crippen LogP contribution in [0.1, 0.15) is 98.2 Å². The summed E-state index contributed by atoms with van der Waals surface area (Å²) in [5, 5.41) is 3.41. The molecule has 17 aromatic carbocycles. The predicted octanol–water partition coefficient (Wildman–Crippen LogP) is 29.7. The Morgan fingerprint density at radius 3 is 1.06 bits per heavy atom. The highest BCUT2D eigenvalue weighted by atomic mass is 16.3. The van der Waals surface area contributed by atoms with E-state index < -0.39 is 71.3 Å². The van der Waals surface area contributed by atoms with E-state index in [2.05, 4.69) is 145 Å². The molecule has 6 nitrogen and oxygen atoms in total. The molecule has 0 spiro atoms. The molecule has 7 heteroatoms. The molecule has 0 radical (unpaired) electrons. The Morgan fingerprint density at radius 1 is 0.289 bits per heavy atom. The average molecular weight is 1570 g/mol. The molecule has 23 rings (SSSR count). The van der Waals surface area contributed by atoms with E-state index in [1.165, 1.54) is 0 Å². The van der Waals surface area contributed by atoms with Gasteiger partial charge in [0.25, 0.3) is 6.71 Å². The summed E-state index contributed by atoms with van der Waals surface area (Å²) in [7, 11) is 0. The first-order chi connectivity index (χ1) is 64.8. The van der Waals surface area contributed by atoms with Gasteiger partial charge in [-0.05, 0) is 203 Å². The SMILES string of the molecule is [2H]c1c([2H])c([2H])c2c(c1[2H])c1c([2H])c(-c3cccc(-c4ccccc4)c3)c([2H])c([2H])c1n2-c1ccc2c(c1)N(c1c(-c3ccccc3)cc(C(C)(C)C)c3oc4ccccc4c13)c1cc(C(C)(C)C)cc3c1B2c1ccc(-n2c4c([2H])c([2H])c([2H])c([2H])c4c4c([2H])c(-c5cccc(-c6ccccc6)c5)c([2H])c([2H])c42)cc1N3c1c(-c2ccccc2)cc(C(C)(C)C)c2oc3ccccc3c12. The number of nitrogens with zero attached hydrogens (tertiary/aromatic N) is 4. The van der Waals surface area contributed by atoms with Crippen LogP contribution >= 0.6 is 0 Å². The number of fused-ring (bicyclic) bond motifs is 16. The van der Waals surface area contributed by atoms with Crippen molar-refractivity contribution in [3.8, 4) is 78.1 Å². The summed E-state index contributed by atoms with van der Waals surface area (Å²) in [5.41, 5.74) is 18.9. The fourth-order valence-corrected chi connectivity index (χ4v) is 19.0. The molecule has 21 aromatic rings. The molecule has 578 valence electrons. The van der Waals surface area contributed by atoms with Gasteiger partial charge >= 0.3 is 0 Å². The Balaban J connectivity index is 0.900. The van der Waals surface area contributed by atoms with Crippen molar-refractivity contribution >= 4 is 145 Å². The molecule has 0 N–H and O–H groups in total. The van der Waals surface area contributed by atoms with Crippen molar-refractivity contribution < 1.29 is 28.0 Å². The molecule has 4 aromatic heterocycles. The van der Waals surface area contributed by atoms with Crippen molar-refractivity contribution in [1.29, 1.82) is 0 Å². The lowest BCUT2D eigenvalue weighted by Crippen LogP contribution is -2.61. The lowest BCUT2D eigenvalue weighted by Gasteiger charge is -2.46. The number of hydrogen-bond acceptors (Lipinski definition) is 4. The van der Waals surface area contributed by atoms with E-state index in [0.717, 1.165) is 122 Å². The van der Waals surface area contributed by atoms with Gasteiger partial charge in [-0.15, -0.1) is 0 Å². The molecule has 0 aliphatic carbocycles. The Kier molecular flexibility index (Phi) is 13.1. The number of anilines is 6. The van der Waals surface area contributed by atoms with Gasteiger partial charge in [0, 0.05) is 88.7 Å². The molecular weight excluding hydrogens is 1470 g/mol. The maximum atomic E-state index is 10.6. The molecule has 0 bridgehead atoms. The van der Waals surface area contributed by atoms with Gasteiger partial charge in [0.2, 0.25) is 0 Å². The number of hydrogen-bond donors (Lipinski definition) is 0. The van der Waals surface area contributed by atoms with E-state index in [-0.39, 0.29) is 91.0 Å². The monoisotopic (exact) mass is 1570 g/mol. The minimum atomic E-state index is -0.798. The molecule has 0 fully saturated rings. The summed E-state index contributed by atoms with van der Waals surface area (Å²) in [4.78, 5) is 4.73. The zero-order valence-corrected chi connectivity index (χ0v) is 68.2. The lowest BCUT2D eigenvalue weighted by atomic mass is 9.33. The maximum Gasteiger partial charge on any atom is 0.252 e. The van der Waals surface area contributed by atoms with Crippen LogP contribution in [0.15, 0.2) is 372 Å². The number of aromatic nitrogens is 2. The first kappa shape index (κ1) is 58.5. The second-order valence-electron chi connectivity index (χ2n) is 35.2. The third kappa shape index (κ3) is 11.4. The third-order valence-electron chi connectivity index (χ3n) is 24.7. The van der Waals surface area contributed by atoms with Gasteiger partial charge in [-0.3, -0.25) is 0 Å². The van der Waals surface area contributed by atoms with Crippen molar-refractivity contribution in [2.24, 2.45) is 0 Å². The molecule has 0 amide bonds. The third-order valence-corrected chi connectivity index (χ3v) is 24.7. The molecule has 0 atom stereocenters. The summed E-state index contributed by atoms with van der Waals surface area (Å²) >= 11 is 0. The molecule has 6 heterocycles. The van der Waals surface area contributed by atoms with Crippen LogP contribution in [0, 0.1) is 0 Å². The van der Waals surface area contributed by atoms with Crippen LogP contribution < -0.4 is 26.2 Å².